The van der Waals surface area contributed by atoms with Crippen molar-refractivity contribution in [2.45, 2.75) is 25.3 Å². The SMILES string of the molecule is NC(=O)C1CC(N(O)CCC(=O)Nc2ccccc2)C1. The summed E-state index contributed by atoms with van der Waals surface area (Å²) in [5.74, 6) is -0.620. The summed E-state index contributed by atoms with van der Waals surface area (Å²) in [5.41, 5.74) is 5.90. The minimum atomic E-state index is -0.323. The van der Waals surface area contributed by atoms with E-state index in [1.54, 1.807) is 12.1 Å². The third-order valence-electron chi connectivity index (χ3n) is 3.56. The van der Waals surface area contributed by atoms with Gasteiger partial charge in [0.05, 0.1) is 0 Å². The number of hydroxylamine groups is 2. The highest BCUT2D eigenvalue weighted by molar-refractivity contribution is 5.90. The lowest BCUT2D eigenvalue weighted by molar-refractivity contribution is -0.165. The lowest BCUT2D eigenvalue weighted by atomic mass is 9.79. The molecule has 0 spiro atoms. The van der Waals surface area contributed by atoms with Gasteiger partial charge >= 0.3 is 0 Å². The Morgan fingerprint density at radius 2 is 1.95 bits per heavy atom. The number of para-hydroxylation sites is 1. The minimum absolute atomic E-state index is 0.0722. The molecule has 1 aromatic rings. The molecule has 0 unspecified atom stereocenters. The summed E-state index contributed by atoms with van der Waals surface area (Å²) in [6.07, 6.45) is 1.32. The number of nitrogens with two attached hydrogens (primary N) is 1. The number of hydrogen-bond acceptors (Lipinski definition) is 4. The van der Waals surface area contributed by atoms with Gasteiger partial charge in [0.2, 0.25) is 11.8 Å². The van der Waals surface area contributed by atoms with Crippen molar-refractivity contribution in [3.63, 3.8) is 0 Å². The molecule has 6 heteroatoms. The van der Waals surface area contributed by atoms with Gasteiger partial charge in [-0.2, -0.15) is 5.06 Å². The van der Waals surface area contributed by atoms with E-state index in [4.69, 9.17) is 5.73 Å². The lowest BCUT2D eigenvalue weighted by Gasteiger charge is -2.37. The Bertz CT molecular complexity index is 472. The molecule has 0 heterocycles. The van der Waals surface area contributed by atoms with E-state index in [9.17, 15) is 14.8 Å². The second-order valence-electron chi connectivity index (χ2n) is 5.05. The molecular formula is C14H19N3O3. The summed E-state index contributed by atoms with van der Waals surface area (Å²) < 4.78 is 0. The normalized spacial score (nSPS) is 21.3. The zero-order chi connectivity index (χ0) is 14.5. The van der Waals surface area contributed by atoms with Crippen LogP contribution in [0.1, 0.15) is 19.3 Å². The van der Waals surface area contributed by atoms with Crippen molar-refractivity contribution < 1.29 is 14.8 Å². The fraction of sp³-hybridized carbons (Fsp3) is 0.429. The molecule has 108 valence electrons. The molecule has 1 aromatic carbocycles. The number of primary amides is 1. The number of nitrogens with zero attached hydrogens (tertiary/aromatic N) is 1. The molecule has 0 aromatic heterocycles. The molecule has 0 bridgehead atoms. The molecule has 1 saturated carbocycles. The Balaban J connectivity index is 1.68. The molecule has 0 aliphatic heterocycles. The van der Waals surface area contributed by atoms with Gasteiger partial charge in [0, 0.05) is 30.6 Å². The van der Waals surface area contributed by atoms with Gasteiger partial charge in [0.1, 0.15) is 0 Å². The predicted octanol–water partition coefficient (Wildman–Crippen LogP) is 0.970. The number of carbonyl (C=O) groups excluding carboxylic acids is 2. The first-order valence-corrected chi connectivity index (χ1v) is 6.66. The fourth-order valence-corrected chi connectivity index (χ4v) is 2.21. The molecule has 0 atom stereocenters. The Labute approximate surface area is 117 Å². The van der Waals surface area contributed by atoms with Crippen molar-refractivity contribution in [1.82, 2.24) is 5.06 Å². The molecule has 6 nitrogen and oxygen atoms in total. The Morgan fingerprint density at radius 1 is 1.30 bits per heavy atom. The Kier molecular flexibility index (Phi) is 4.70. The molecular weight excluding hydrogens is 258 g/mol. The highest BCUT2D eigenvalue weighted by Gasteiger charge is 2.36. The molecule has 1 aliphatic carbocycles. The van der Waals surface area contributed by atoms with E-state index in [-0.39, 0.29) is 36.7 Å². The van der Waals surface area contributed by atoms with Gasteiger partial charge in [-0.1, -0.05) is 18.2 Å². The molecule has 4 N–H and O–H groups in total. The molecule has 1 fully saturated rings. The quantitative estimate of drug-likeness (QED) is 0.675. The maximum Gasteiger partial charge on any atom is 0.225 e. The van der Waals surface area contributed by atoms with Gasteiger partial charge in [0.15, 0.2) is 0 Å². The van der Waals surface area contributed by atoms with E-state index in [2.05, 4.69) is 5.32 Å². The maximum absolute atomic E-state index is 11.7. The third kappa shape index (κ3) is 3.79. The van der Waals surface area contributed by atoms with E-state index in [0.717, 1.165) is 10.8 Å². The van der Waals surface area contributed by atoms with Crippen molar-refractivity contribution in [3.05, 3.63) is 30.3 Å². The van der Waals surface area contributed by atoms with Gasteiger partial charge in [0.25, 0.3) is 0 Å². The van der Waals surface area contributed by atoms with Crippen molar-refractivity contribution in [3.8, 4) is 0 Å². The van der Waals surface area contributed by atoms with Crippen molar-refractivity contribution in [2.24, 2.45) is 11.7 Å². The second-order valence-corrected chi connectivity index (χ2v) is 5.05. The number of rotatable bonds is 6. The van der Waals surface area contributed by atoms with Crippen LogP contribution in [-0.4, -0.2) is 34.7 Å². The topological polar surface area (TPSA) is 95.7 Å². The number of anilines is 1. The molecule has 20 heavy (non-hydrogen) atoms. The largest absolute Gasteiger partial charge is 0.369 e. The summed E-state index contributed by atoms with van der Waals surface area (Å²) in [5, 5.41) is 13.7. The van der Waals surface area contributed by atoms with Crippen molar-refractivity contribution >= 4 is 17.5 Å². The first-order valence-electron chi connectivity index (χ1n) is 6.66. The van der Waals surface area contributed by atoms with Gasteiger partial charge in [-0.05, 0) is 25.0 Å². The number of carbonyl (C=O) groups is 2. The number of nitrogens with one attached hydrogen (secondary N) is 1. The first-order chi connectivity index (χ1) is 9.56. The average molecular weight is 277 g/mol. The van der Waals surface area contributed by atoms with Crippen LogP contribution >= 0.6 is 0 Å². The highest BCUT2D eigenvalue weighted by atomic mass is 16.5. The van der Waals surface area contributed by atoms with Gasteiger partial charge in [-0.15, -0.1) is 0 Å². The predicted molar refractivity (Wildman–Crippen MR) is 73.9 cm³/mol. The van der Waals surface area contributed by atoms with Gasteiger partial charge in [-0.25, -0.2) is 0 Å². The van der Waals surface area contributed by atoms with Crippen molar-refractivity contribution in [1.29, 1.82) is 0 Å². The number of hydrogen-bond donors (Lipinski definition) is 3. The lowest BCUT2D eigenvalue weighted by Crippen LogP contribution is -2.47. The third-order valence-corrected chi connectivity index (χ3v) is 3.56. The van der Waals surface area contributed by atoms with Crippen LogP contribution in [0.4, 0.5) is 5.69 Å². The van der Waals surface area contributed by atoms with Crippen LogP contribution in [0.25, 0.3) is 0 Å². The molecule has 2 rings (SSSR count). The summed E-state index contributed by atoms with van der Waals surface area (Å²) in [6, 6.07) is 9.09. The summed E-state index contributed by atoms with van der Waals surface area (Å²) in [6.45, 7) is 0.245. The monoisotopic (exact) mass is 277 g/mol. The van der Waals surface area contributed by atoms with Gasteiger partial charge in [-0.3, -0.25) is 9.59 Å². The second kappa shape index (κ2) is 6.49. The van der Waals surface area contributed by atoms with E-state index in [0.29, 0.717) is 12.8 Å². The Morgan fingerprint density at radius 3 is 2.55 bits per heavy atom. The first kappa shape index (κ1) is 14.5. The smallest absolute Gasteiger partial charge is 0.225 e. The van der Waals surface area contributed by atoms with E-state index >= 15 is 0 Å². The summed E-state index contributed by atoms with van der Waals surface area (Å²) in [7, 11) is 0. The van der Waals surface area contributed by atoms with Crippen LogP contribution in [0, 0.1) is 5.92 Å². The number of amides is 2. The van der Waals surface area contributed by atoms with Crippen LogP contribution in [0.2, 0.25) is 0 Å². The van der Waals surface area contributed by atoms with Gasteiger partial charge < -0.3 is 16.3 Å². The van der Waals surface area contributed by atoms with E-state index in [1.807, 2.05) is 18.2 Å². The number of benzene rings is 1. The minimum Gasteiger partial charge on any atom is -0.369 e. The van der Waals surface area contributed by atoms with Crippen LogP contribution in [0.3, 0.4) is 0 Å². The van der Waals surface area contributed by atoms with Crippen LogP contribution < -0.4 is 11.1 Å². The van der Waals surface area contributed by atoms with E-state index < -0.39 is 0 Å². The zero-order valence-corrected chi connectivity index (χ0v) is 11.2. The molecule has 0 radical (unpaired) electrons. The van der Waals surface area contributed by atoms with Crippen LogP contribution in [0.5, 0.6) is 0 Å². The zero-order valence-electron chi connectivity index (χ0n) is 11.2. The Hall–Kier alpha value is -1.92. The van der Waals surface area contributed by atoms with Crippen molar-refractivity contribution in [2.75, 3.05) is 11.9 Å². The molecule has 0 saturated heterocycles. The van der Waals surface area contributed by atoms with Crippen LogP contribution in [0.15, 0.2) is 30.3 Å². The standard InChI is InChI=1S/C14H19N3O3/c15-14(19)10-8-12(9-10)17(20)7-6-13(18)16-11-4-2-1-3-5-11/h1-5,10,12,20H,6-9H2,(H2,15,19)(H,16,18). The summed E-state index contributed by atoms with van der Waals surface area (Å²) in [4.78, 5) is 22.6. The highest BCUT2D eigenvalue weighted by Crippen LogP contribution is 2.30. The summed E-state index contributed by atoms with van der Waals surface area (Å²) >= 11 is 0. The fourth-order valence-electron chi connectivity index (χ4n) is 2.21. The van der Waals surface area contributed by atoms with Crippen LogP contribution in [-0.2, 0) is 9.59 Å². The average Bonchev–Trinajstić information content (AvgIpc) is 2.35. The molecule has 2 amide bonds. The molecule has 1 aliphatic rings. The maximum atomic E-state index is 11.7. The van der Waals surface area contributed by atoms with E-state index in [1.165, 1.54) is 0 Å².